The fraction of sp³-hybridized carbons (Fsp3) is 0.118. The summed E-state index contributed by atoms with van der Waals surface area (Å²) in [5.74, 6) is -1.50. The first-order chi connectivity index (χ1) is 11.5. The zero-order chi connectivity index (χ0) is 17.3. The standard InChI is InChI=1S/C17H12FNO4S/c1-22-16(20)10-7-12(17(21)23-2)14-13(8-10)24-15(19-14)9-3-5-11(18)6-4-9/h3-8H,1-2H3. The van der Waals surface area contributed by atoms with E-state index in [0.717, 1.165) is 0 Å². The lowest BCUT2D eigenvalue weighted by atomic mass is 10.1. The Morgan fingerprint density at radius 3 is 2.33 bits per heavy atom. The second-order valence-electron chi connectivity index (χ2n) is 4.88. The number of ether oxygens (including phenoxy) is 2. The molecular weight excluding hydrogens is 333 g/mol. The van der Waals surface area contributed by atoms with Crippen molar-refractivity contribution in [3.8, 4) is 10.6 Å². The Bertz CT molecular complexity index is 934. The van der Waals surface area contributed by atoms with Crippen LogP contribution in [0.2, 0.25) is 0 Å². The van der Waals surface area contributed by atoms with Crippen molar-refractivity contribution in [1.82, 2.24) is 4.98 Å². The molecule has 5 nitrogen and oxygen atoms in total. The van der Waals surface area contributed by atoms with Crippen molar-refractivity contribution < 1.29 is 23.5 Å². The molecule has 3 rings (SSSR count). The van der Waals surface area contributed by atoms with Crippen LogP contribution in [0.4, 0.5) is 4.39 Å². The van der Waals surface area contributed by atoms with Crippen LogP contribution in [-0.2, 0) is 9.47 Å². The number of halogens is 1. The summed E-state index contributed by atoms with van der Waals surface area (Å²) >= 11 is 1.29. The smallest absolute Gasteiger partial charge is 0.340 e. The van der Waals surface area contributed by atoms with Crippen LogP contribution in [-0.4, -0.2) is 31.1 Å². The Morgan fingerprint density at radius 2 is 1.71 bits per heavy atom. The van der Waals surface area contributed by atoms with Gasteiger partial charge in [0, 0.05) is 5.56 Å². The lowest BCUT2D eigenvalue weighted by Crippen LogP contribution is -2.07. The highest BCUT2D eigenvalue weighted by molar-refractivity contribution is 7.21. The van der Waals surface area contributed by atoms with E-state index >= 15 is 0 Å². The number of esters is 2. The lowest BCUT2D eigenvalue weighted by molar-refractivity contribution is 0.0600. The fourth-order valence-corrected chi connectivity index (χ4v) is 3.28. The molecule has 0 aliphatic carbocycles. The number of thiazole rings is 1. The van der Waals surface area contributed by atoms with E-state index in [0.29, 0.717) is 20.8 Å². The van der Waals surface area contributed by atoms with E-state index in [2.05, 4.69) is 4.98 Å². The Kier molecular flexibility index (Phi) is 4.26. The van der Waals surface area contributed by atoms with Gasteiger partial charge in [-0.05, 0) is 36.4 Å². The quantitative estimate of drug-likeness (QED) is 0.678. The van der Waals surface area contributed by atoms with E-state index in [1.54, 1.807) is 18.2 Å². The number of aromatic nitrogens is 1. The second kappa shape index (κ2) is 6.37. The van der Waals surface area contributed by atoms with Crippen molar-refractivity contribution in [2.24, 2.45) is 0 Å². The topological polar surface area (TPSA) is 65.5 Å². The number of methoxy groups -OCH3 is 2. The summed E-state index contributed by atoms with van der Waals surface area (Å²) in [5.41, 5.74) is 1.56. The molecule has 0 N–H and O–H groups in total. The molecule has 122 valence electrons. The first-order valence-electron chi connectivity index (χ1n) is 6.90. The molecule has 0 amide bonds. The van der Waals surface area contributed by atoms with E-state index < -0.39 is 11.9 Å². The maximum Gasteiger partial charge on any atom is 0.340 e. The Labute approximate surface area is 140 Å². The predicted molar refractivity (Wildman–Crippen MR) is 87.7 cm³/mol. The molecule has 0 unspecified atom stereocenters. The van der Waals surface area contributed by atoms with Gasteiger partial charge in [0.05, 0.1) is 35.6 Å². The minimum Gasteiger partial charge on any atom is -0.465 e. The number of hydrogen-bond donors (Lipinski definition) is 0. The second-order valence-corrected chi connectivity index (χ2v) is 5.91. The van der Waals surface area contributed by atoms with Crippen LogP contribution < -0.4 is 0 Å². The molecule has 24 heavy (non-hydrogen) atoms. The van der Waals surface area contributed by atoms with E-state index in [1.807, 2.05) is 0 Å². The molecule has 2 aromatic carbocycles. The average molecular weight is 345 g/mol. The molecule has 1 aromatic heterocycles. The third-order valence-electron chi connectivity index (χ3n) is 3.41. The first-order valence-corrected chi connectivity index (χ1v) is 7.72. The number of rotatable bonds is 3. The molecule has 0 atom stereocenters. The molecule has 0 radical (unpaired) electrons. The summed E-state index contributed by atoms with van der Waals surface area (Å²) in [4.78, 5) is 28.3. The molecule has 0 spiro atoms. The molecular formula is C17H12FNO4S. The van der Waals surface area contributed by atoms with Crippen molar-refractivity contribution in [1.29, 1.82) is 0 Å². The minimum atomic E-state index is -0.596. The number of fused-ring (bicyclic) bond motifs is 1. The van der Waals surface area contributed by atoms with Crippen molar-refractivity contribution in [2.45, 2.75) is 0 Å². The van der Waals surface area contributed by atoms with Gasteiger partial charge in [-0.25, -0.2) is 19.0 Å². The van der Waals surface area contributed by atoms with Gasteiger partial charge in [0.25, 0.3) is 0 Å². The normalized spacial score (nSPS) is 10.6. The van der Waals surface area contributed by atoms with Crippen molar-refractivity contribution >= 4 is 33.5 Å². The van der Waals surface area contributed by atoms with Crippen LogP contribution in [0.5, 0.6) is 0 Å². The molecule has 0 bridgehead atoms. The van der Waals surface area contributed by atoms with Gasteiger partial charge >= 0.3 is 11.9 Å². The minimum absolute atomic E-state index is 0.181. The highest BCUT2D eigenvalue weighted by atomic mass is 32.1. The Morgan fingerprint density at radius 1 is 1.04 bits per heavy atom. The number of benzene rings is 2. The van der Waals surface area contributed by atoms with E-state index in [-0.39, 0.29) is 16.9 Å². The Balaban J connectivity index is 2.21. The zero-order valence-corrected chi connectivity index (χ0v) is 13.6. The van der Waals surface area contributed by atoms with Crippen LogP contribution in [0.3, 0.4) is 0 Å². The van der Waals surface area contributed by atoms with Gasteiger partial charge < -0.3 is 9.47 Å². The third-order valence-corrected chi connectivity index (χ3v) is 4.46. The third kappa shape index (κ3) is 2.85. The fourth-order valence-electron chi connectivity index (χ4n) is 2.25. The maximum atomic E-state index is 13.1. The predicted octanol–water partition coefficient (Wildman–Crippen LogP) is 3.68. The summed E-state index contributed by atoms with van der Waals surface area (Å²) in [5, 5.41) is 0.608. The number of hydrogen-bond acceptors (Lipinski definition) is 6. The monoisotopic (exact) mass is 345 g/mol. The molecule has 7 heteroatoms. The number of nitrogens with zero attached hydrogens (tertiary/aromatic N) is 1. The van der Waals surface area contributed by atoms with Crippen LogP contribution >= 0.6 is 11.3 Å². The van der Waals surface area contributed by atoms with Crippen molar-refractivity contribution in [3.63, 3.8) is 0 Å². The molecule has 1 heterocycles. The lowest BCUT2D eigenvalue weighted by Gasteiger charge is -2.04. The SMILES string of the molecule is COC(=O)c1cc(C(=O)OC)c2nc(-c3ccc(F)cc3)sc2c1. The van der Waals surface area contributed by atoms with Crippen LogP contribution in [0.15, 0.2) is 36.4 Å². The molecule has 0 aliphatic heterocycles. The van der Waals surface area contributed by atoms with Gasteiger partial charge in [0.2, 0.25) is 0 Å². The largest absolute Gasteiger partial charge is 0.465 e. The number of carbonyl (C=O) groups excluding carboxylic acids is 2. The zero-order valence-electron chi connectivity index (χ0n) is 12.8. The summed E-state index contributed by atoms with van der Waals surface area (Å²) in [7, 11) is 2.52. The van der Waals surface area contributed by atoms with Gasteiger partial charge in [0.1, 0.15) is 10.8 Å². The van der Waals surface area contributed by atoms with Gasteiger partial charge in [-0.15, -0.1) is 11.3 Å². The highest BCUT2D eigenvalue weighted by Gasteiger charge is 2.20. The molecule has 0 aliphatic rings. The van der Waals surface area contributed by atoms with Gasteiger partial charge in [0.15, 0.2) is 0 Å². The number of carbonyl (C=O) groups is 2. The maximum absolute atomic E-state index is 13.1. The molecule has 0 saturated carbocycles. The summed E-state index contributed by atoms with van der Waals surface area (Å²) in [6, 6.07) is 8.88. The molecule has 0 saturated heterocycles. The highest BCUT2D eigenvalue weighted by Crippen LogP contribution is 2.33. The van der Waals surface area contributed by atoms with E-state index in [4.69, 9.17) is 9.47 Å². The average Bonchev–Trinajstić information content (AvgIpc) is 3.04. The summed E-state index contributed by atoms with van der Waals surface area (Å²) in [6.07, 6.45) is 0. The van der Waals surface area contributed by atoms with Crippen LogP contribution in [0.1, 0.15) is 20.7 Å². The van der Waals surface area contributed by atoms with Gasteiger partial charge in [-0.1, -0.05) is 0 Å². The van der Waals surface area contributed by atoms with Crippen LogP contribution in [0.25, 0.3) is 20.8 Å². The summed E-state index contributed by atoms with van der Waals surface area (Å²) in [6.45, 7) is 0. The first kappa shape index (κ1) is 16.1. The van der Waals surface area contributed by atoms with Gasteiger partial charge in [-0.2, -0.15) is 0 Å². The van der Waals surface area contributed by atoms with Crippen LogP contribution in [0, 0.1) is 5.82 Å². The molecule has 0 fully saturated rings. The summed E-state index contributed by atoms with van der Waals surface area (Å²) < 4.78 is 23.2. The Hall–Kier alpha value is -2.80. The van der Waals surface area contributed by atoms with E-state index in [9.17, 15) is 14.0 Å². The molecule has 3 aromatic rings. The van der Waals surface area contributed by atoms with Gasteiger partial charge in [-0.3, -0.25) is 0 Å². The van der Waals surface area contributed by atoms with Crippen molar-refractivity contribution in [3.05, 3.63) is 53.3 Å². The van der Waals surface area contributed by atoms with Crippen molar-refractivity contribution in [2.75, 3.05) is 14.2 Å². The van der Waals surface area contributed by atoms with E-state index in [1.165, 1.54) is 43.8 Å².